The Hall–Kier alpha value is -0.740. The lowest BCUT2D eigenvalue weighted by Gasteiger charge is -2.01. The lowest BCUT2D eigenvalue weighted by atomic mass is 10.1. The molecular weight excluding hydrogens is 220 g/mol. The zero-order valence-electron chi connectivity index (χ0n) is 11.2. The van der Waals surface area contributed by atoms with Crippen LogP contribution in [0, 0.1) is 0 Å². The second-order valence-corrected chi connectivity index (χ2v) is 4.26. The summed E-state index contributed by atoms with van der Waals surface area (Å²) in [6.07, 6.45) is 5.32. The molecule has 0 aliphatic heterocycles. The Labute approximate surface area is 104 Å². The monoisotopic (exact) mass is 246 g/mol. The van der Waals surface area contributed by atoms with Gasteiger partial charge >= 0.3 is 0 Å². The topological polar surface area (TPSA) is 74.6 Å². The summed E-state index contributed by atoms with van der Waals surface area (Å²) < 4.78 is 0. The molecule has 0 bridgehead atoms. The van der Waals surface area contributed by atoms with Crippen molar-refractivity contribution in [2.75, 3.05) is 0 Å². The molecule has 4 heteroatoms. The third-order valence-corrected chi connectivity index (χ3v) is 2.06. The van der Waals surface area contributed by atoms with Gasteiger partial charge in [-0.25, -0.2) is 0 Å². The standard InChI is InChI=1S/C8H18O2.C5H8O2/c1-2-3-4-5-6-7-8(9)10;1-4(6)3-5(2)7/h8-10H,2-7H2,1H3;3H2,1-2H3. The molecule has 0 unspecified atom stereocenters. The second kappa shape index (κ2) is 13.3. The van der Waals surface area contributed by atoms with E-state index in [1.807, 2.05) is 0 Å². The average Bonchev–Trinajstić information content (AvgIpc) is 2.15. The largest absolute Gasteiger partial charge is 0.368 e. The van der Waals surface area contributed by atoms with E-state index in [9.17, 15) is 9.59 Å². The molecule has 0 aromatic carbocycles. The normalized spacial score (nSPS) is 9.76. The first-order valence-corrected chi connectivity index (χ1v) is 6.25. The molecule has 0 aromatic heterocycles. The van der Waals surface area contributed by atoms with Crippen LogP contribution in [0.1, 0.15) is 65.7 Å². The average molecular weight is 246 g/mol. The zero-order valence-corrected chi connectivity index (χ0v) is 11.2. The van der Waals surface area contributed by atoms with Gasteiger partial charge in [-0.1, -0.05) is 32.6 Å². The molecule has 0 aliphatic carbocycles. The summed E-state index contributed by atoms with van der Waals surface area (Å²) in [6, 6.07) is 0. The van der Waals surface area contributed by atoms with E-state index < -0.39 is 6.29 Å². The van der Waals surface area contributed by atoms with Gasteiger partial charge in [-0.3, -0.25) is 9.59 Å². The first kappa shape index (κ1) is 18.6. The number of carbonyl (C=O) groups excluding carboxylic acids is 2. The highest BCUT2D eigenvalue weighted by molar-refractivity contribution is 5.96. The van der Waals surface area contributed by atoms with Gasteiger partial charge in [-0.05, 0) is 26.7 Å². The molecule has 0 amide bonds. The molecule has 0 heterocycles. The van der Waals surface area contributed by atoms with Crippen LogP contribution in [0.25, 0.3) is 0 Å². The van der Waals surface area contributed by atoms with Crippen LogP contribution in [0.4, 0.5) is 0 Å². The van der Waals surface area contributed by atoms with E-state index >= 15 is 0 Å². The van der Waals surface area contributed by atoms with E-state index in [2.05, 4.69) is 6.92 Å². The van der Waals surface area contributed by atoms with Gasteiger partial charge in [0, 0.05) is 0 Å². The number of aliphatic hydroxyl groups is 2. The Morgan fingerprint density at radius 3 is 1.71 bits per heavy atom. The van der Waals surface area contributed by atoms with Gasteiger partial charge in [0.05, 0.1) is 6.42 Å². The van der Waals surface area contributed by atoms with E-state index in [1.54, 1.807) is 0 Å². The van der Waals surface area contributed by atoms with Crippen molar-refractivity contribution < 1.29 is 19.8 Å². The highest BCUT2D eigenvalue weighted by Crippen LogP contribution is 2.05. The molecule has 0 radical (unpaired) electrons. The molecule has 0 atom stereocenters. The minimum absolute atomic E-state index is 0.0625. The number of ketones is 2. The lowest BCUT2D eigenvalue weighted by Crippen LogP contribution is -2.02. The van der Waals surface area contributed by atoms with E-state index in [1.165, 1.54) is 33.1 Å². The summed E-state index contributed by atoms with van der Waals surface area (Å²) in [5.74, 6) is -0.125. The number of hydrogen-bond donors (Lipinski definition) is 2. The molecular formula is C13H26O4. The smallest absolute Gasteiger partial charge is 0.151 e. The van der Waals surface area contributed by atoms with E-state index in [4.69, 9.17) is 10.2 Å². The van der Waals surface area contributed by atoms with Gasteiger partial charge in [0.2, 0.25) is 0 Å². The van der Waals surface area contributed by atoms with Crippen molar-refractivity contribution in [3.05, 3.63) is 0 Å². The molecule has 0 saturated heterocycles. The second-order valence-electron chi connectivity index (χ2n) is 4.26. The first-order valence-electron chi connectivity index (χ1n) is 6.25. The van der Waals surface area contributed by atoms with Crippen molar-refractivity contribution >= 4 is 11.6 Å². The number of rotatable bonds is 8. The molecule has 0 aromatic rings. The third-order valence-electron chi connectivity index (χ3n) is 2.06. The van der Waals surface area contributed by atoms with Crippen molar-refractivity contribution in [3.63, 3.8) is 0 Å². The van der Waals surface area contributed by atoms with Gasteiger partial charge in [0.25, 0.3) is 0 Å². The maximum Gasteiger partial charge on any atom is 0.151 e. The van der Waals surface area contributed by atoms with Crippen LogP contribution < -0.4 is 0 Å². The fraction of sp³-hybridized carbons (Fsp3) is 0.846. The Morgan fingerprint density at radius 2 is 1.41 bits per heavy atom. The molecule has 0 aliphatic rings. The van der Waals surface area contributed by atoms with Crippen LogP contribution in [0.5, 0.6) is 0 Å². The number of Topliss-reactive ketones (excluding diaryl/α,β-unsaturated/α-hetero) is 2. The Bertz CT molecular complexity index is 188. The molecule has 2 N–H and O–H groups in total. The molecule has 102 valence electrons. The highest BCUT2D eigenvalue weighted by Gasteiger charge is 1.95. The summed E-state index contributed by atoms with van der Waals surface area (Å²) >= 11 is 0. The molecule has 17 heavy (non-hydrogen) atoms. The van der Waals surface area contributed by atoms with Gasteiger partial charge in [-0.2, -0.15) is 0 Å². The van der Waals surface area contributed by atoms with Crippen molar-refractivity contribution in [2.24, 2.45) is 0 Å². The van der Waals surface area contributed by atoms with Crippen LogP contribution >= 0.6 is 0 Å². The predicted octanol–water partition coefficient (Wildman–Crippen LogP) is 2.21. The minimum atomic E-state index is -1.10. The number of unbranched alkanes of at least 4 members (excludes halogenated alkanes) is 4. The first-order chi connectivity index (χ1) is 7.90. The van der Waals surface area contributed by atoms with Gasteiger partial charge in [-0.15, -0.1) is 0 Å². The van der Waals surface area contributed by atoms with Crippen LogP contribution in [0.2, 0.25) is 0 Å². The van der Waals surface area contributed by atoms with Gasteiger partial charge < -0.3 is 10.2 Å². The Balaban J connectivity index is 0. The summed E-state index contributed by atoms with van der Waals surface area (Å²) in [5, 5.41) is 16.9. The number of aliphatic hydroxyl groups excluding tert-OH is 1. The van der Waals surface area contributed by atoms with Crippen molar-refractivity contribution in [1.82, 2.24) is 0 Å². The predicted molar refractivity (Wildman–Crippen MR) is 67.6 cm³/mol. The Kier molecular flexibility index (Phi) is 14.6. The fourth-order valence-electron chi connectivity index (χ4n) is 1.28. The zero-order chi connectivity index (χ0) is 13.7. The third kappa shape index (κ3) is 25.5. The molecule has 0 spiro atoms. The van der Waals surface area contributed by atoms with Crippen LogP contribution in [-0.2, 0) is 9.59 Å². The van der Waals surface area contributed by atoms with Crippen molar-refractivity contribution in [3.8, 4) is 0 Å². The quantitative estimate of drug-likeness (QED) is 0.391. The van der Waals surface area contributed by atoms with Gasteiger partial charge in [0.1, 0.15) is 11.6 Å². The maximum absolute atomic E-state index is 10.0. The minimum Gasteiger partial charge on any atom is -0.368 e. The van der Waals surface area contributed by atoms with E-state index in [-0.39, 0.29) is 18.0 Å². The lowest BCUT2D eigenvalue weighted by molar-refractivity contribution is -0.124. The number of hydrogen-bond acceptors (Lipinski definition) is 4. The van der Waals surface area contributed by atoms with Crippen LogP contribution in [0.15, 0.2) is 0 Å². The molecule has 0 fully saturated rings. The summed E-state index contributed by atoms with van der Waals surface area (Å²) in [6.45, 7) is 4.98. The molecule has 0 rings (SSSR count). The number of carbonyl (C=O) groups is 2. The maximum atomic E-state index is 10.0. The SMILES string of the molecule is CC(=O)CC(C)=O.CCCCCCCC(O)O. The van der Waals surface area contributed by atoms with Crippen LogP contribution in [-0.4, -0.2) is 28.1 Å². The van der Waals surface area contributed by atoms with Crippen LogP contribution in [0.3, 0.4) is 0 Å². The molecule has 0 saturated carbocycles. The summed E-state index contributed by atoms with van der Waals surface area (Å²) in [4.78, 5) is 20.1. The van der Waals surface area contributed by atoms with E-state index in [0.717, 1.165) is 12.8 Å². The van der Waals surface area contributed by atoms with E-state index in [0.29, 0.717) is 6.42 Å². The summed E-state index contributed by atoms with van der Waals surface area (Å²) in [7, 11) is 0. The Morgan fingerprint density at radius 1 is 0.941 bits per heavy atom. The van der Waals surface area contributed by atoms with Gasteiger partial charge in [0.15, 0.2) is 6.29 Å². The highest BCUT2D eigenvalue weighted by atomic mass is 16.5. The summed E-state index contributed by atoms with van der Waals surface area (Å²) in [5.41, 5.74) is 0. The fourth-order valence-corrected chi connectivity index (χ4v) is 1.28. The van der Waals surface area contributed by atoms with Crippen molar-refractivity contribution in [1.29, 1.82) is 0 Å². The van der Waals surface area contributed by atoms with Crippen molar-refractivity contribution in [2.45, 2.75) is 72.0 Å². The molecule has 4 nitrogen and oxygen atoms in total.